The average molecular weight is 370 g/mol. The smallest absolute Gasteiger partial charge is 0.263 e. The highest BCUT2D eigenvalue weighted by Crippen LogP contribution is 2.27. The van der Waals surface area contributed by atoms with Gasteiger partial charge in [0.1, 0.15) is 22.1 Å². The van der Waals surface area contributed by atoms with Gasteiger partial charge in [-0.25, -0.2) is 8.42 Å². The summed E-state index contributed by atoms with van der Waals surface area (Å²) in [7, 11) is -2.33. The Labute approximate surface area is 152 Å². The molecular weight excluding hydrogens is 352 g/mol. The number of nitrogens with two attached hydrogens (primary N) is 1. The minimum atomic E-state index is -3.81. The minimum Gasteiger partial charge on any atom is -0.497 e. The topological polar surface area (TPSA) is 90.7 Å². The molecule has 3 rings (SSSR count). The van der Waals surface area contributed by atoms with Crippen LogP contribution in [0.5, 0.6) is 17.2 Å². The molecule has 7 heteroatoms. The second-order valence-corrected chi connectivity index (χ2v) is 7.10. The van der Waals surface area contributed by atoms with E-state index in [0.29, 0.717) is 22.9 Å². The normalized spacial score (nSPS) is 11.0. The van der Waals surface area contributed by atoms with Crippen molar-refractivity contribution in [3.05, 3.63) is 72.8 Å². The molecule has 0 aliphatic heterocycles. The molecule has 0 bridgehead atoms. The molecule has 0 unspecified atom stereocenters. The van der Waals surface area contributed by atoms with Gasteiger partial charge in [0.05, 0.1) is 12.8 Å². The summed E-state index contributed by atoms with van der Waals surface area (Å²) in [5.74, 6) is 1.79. The molecule has 134 valence electrons. The molecule has 0 atom stereocenters. The van der Waals surface area contributed by atoms with E-state index in [-0.39, 0.29) is 10.6 Å². The van der Waals surface area contributed by atoms with Crippen LogP contribution < -0.4 is 19.9 Å². The fourth-order valence-electron chi connectivity index (χ4n) is 2.32. The summed E-state index contributed by atoms with van der Waals surface area (Å²) in [4.78, 5) is -0.0112. The standard InChI is InChI=1S/C19H18N2O4S/c1-24-17-11-12-19(18(20)13-17)26(22,23)21-14-7-9-16(10-8-14)25-15-5-3-2-4-6-15/h2-13,21H,20H2,1H3. The van der Waals surface area contributed by atoms with Crippen molar-refractivity contribution >= 4 is 21.4 Å². The van der Waals surface area contributed by atoms with Crippen molar-refractivity contribution in [2.45, 2.75) is 4.90 Å². The van der Waals surface area contributed by atoms with Crippen molar-refractivity contribution in [1.29, 1.82) is 0 Å². The zero-order valence-electron chi connectivity index (χ0n) is 14.0. The number of para-hydroxylation sites is 1. The third-order valence-electron chi connectivity index (χ3n) is 3.59. The summed E-state index contributed by atoms with van der Waals surface area (Å²) in [5.41, 5.74) is 6.34. The van der Waals surface area contributed by atoms with E-state index >= 15 is 0 Å². The Balaban J connectivity index is 1.76. The number of methoxy groups -OCH3 is 1. The molecule has 0 fully saturated rings. The van der Waals surface area contributed by atoms with Crippen LogP contribution in [0.2, 0.25) is 0 Å². The van der Waals surface area contributed by atoms with Crippen LogP contribution in [0.1, 0.15) is 0 Å². The highest BCUT2D eigenvalue weighted by atomic mass is 32.2. The maximum Gasteiger partial charge on any atom is 0.263 e. The molecule has 0 saturated heterocycles. The van der Waals surface area contributed by atoms with E-state index in [1.165, 1.54) is 19.2 Å². The molecule has 0 saturated carbocycles. The highest BCUT2D eigenvalue weighted by molar-refractivity contribution is 7.92. The first kappa shape index (κ1) is 17.6. The molecular formula is C19H18N2O4S. The van der Waals surface area contributed by atoms with Gasteiger partial charge in [-0.05, 0) is 48.5 Å². The Hall–Kier alpha value is -3.19. The lowest BCUT2D eigenvalue weighted by molar-refractivity contribution is 0.414. The van der Waals surface area contributed by atoms with Gasteiger partial charge in [-0.15, -0.1) is 0 Å². The van der Waals surface area contributed by atoms with Crippen molar-refractivity contribution in [2.24, 2.45) is 0 Å². The predicted octanol–water partition coefficient (Wildman–Crippen LogP) is 3.87. The molecule has 0 aliphatic carbocycles. The molecule has 0 heterocycles. The van der Waals surface area contributed by atoms with E-state index in [0.717, 1.165) is 0 Å². The van der Waals surface area contributed by atoms with Crippen LogP contribution >= 0.6 is 0 Å². The van der Waals surface area contributed by atoms with Gasteiger partial charge in [-0.1, -0.05) is 18.2 Å². The predicted molar refractivity (Wildman–Crippen MR) is 101 cm³/mol. The second-order valence-electron chi connectivity index (χ2n) is 5.45. The Kier molecular flexibility index (Phi) is 4.99. The number of hydrogen-bond donors (Lipinski definition) is 2. The van der Waals surface area contributed by atoms with E-state index in [2.05, 4.69) is 4.72 Å². The molecule has 6 nitrogen and oxygen atoms in total. The lowest BCUT2D eigenvalue weighted by Crippen LogP contribution is -2.14. The Morgan fingerprint density at radius 2 is 1.46 bits per heavy atom. The van der Waals surface area contributed by atoms with Gasteiger partial charge in [0.15, 0.2) is 0 Å². The summed E-state index contributed by atoms with van der Waals surface area (Å²) in [6, 6.07) is 20.3. The highest BCUT2D eigenvalue weighted by Gasteiger charge is 2.18. The summed E-state index contributed by atoms with van der Waals surface area (Å²) >= 11 is 0. The summed E-state index contributed by atoms with van der Waals surface area (Å²) in [6.45, 7) is 0. The number of sulfonamides is 1. The van der Waals surface area contributed by atoms with Crippen molar-refractivity contribution in [2.75, 3.05) is 17.6 Å². The molecule has 3 N–H and O–H groups in total. The van der Waals surface area contributed by atoms with Crippen LogP contribution in [0.3, 0.4) is 0 Å². The van der Waals surface area contributed by atoms with Gasteiger partial charge in [-0.3, -0.25) is 4.72 Å². The van der Waals surface area contributed by atoms with E-state index < -0.39 is 10.0 Å². The minimum absolute atomic E-state index is 0.0112. The Morgan fingerprint density at radius 1 is 0.846 bits per heavy atom. The molecule has 3 aromatic rings. The van der Waals surface area contributed by atoms with E-state index in [1.807, 2.05) is 30.3 Å². The Morgan fingerprint density at radius 3 is 2.08 bits per heavy atom. The molecule has 3 aromatic carbocycles. The first-order chi connectivity index (χ1) is 12.5. The van der Waals surface area contributed by atoms with E-state index in [4.69, 9.17) is 15.2 Å². The van der Waals surface area contributed by atoms with Crippen molar-refractivity contribution < 1.29 is 17.9 Å². The zero-order valence-corrected chi connectivity index (χ0v) is 14.9. The van der Waals surface area contributed by atoms with Gasteiger partial charge in [0.2, 0.25) is 0 Å². The first-order valence-corrected chi connectivity index (χ1v) is 9.25. The second kappa shape index (κ2) is 7.37. The molecule has 0 radical (unpaired) electrons. The lowest BCUT2D eigenvalue weighted by Gasteiger charge is -2.12. The van der Waals surface area contributed by atoms with Gasteiger partial charge in [0.25, 0.3) is 10.0 Å². The van der Waals surface area contributed by atoms with Crippen LogP contribution in [-0.4, -0.2) is 15.5 Å². The van der Waals surface area contributed by atoms with Crippen LogP contribution in [0.25, 0.3) is 0 Å². The van der Waals surface area contributed by atoms with Crippen LogP contribution in [0, 0.1) is 0 Å². The van der Waals surface area contributed by atoms with Crippen LogP contribution in [-0.2, 0) is 10.0 Å². The maximum atomic E-state index is 12.5. The first-order valence-electron chi connectivity index (χ1n) is 7.77. The van der Waals surface area contributed by atoms with Crippen molar-refractivity contribution in [3.63, 3.8) is 0 Å². The fourth-order valence-corrected chi connectivity index (χ4v) is 3.50. The van der Waals surface area contributed by atoms with Crippen LogP contribution in [0.15, 0.2) is 77.7 Å². The third kappa shape index (κ3) is 4.07. The molecule has 0 aromatic heterocycles. The third-order valence-corrected chi connectivity index (χ3v) is 5.05. The average Bonchev–Trinajstić information content (AvgIpc) is 2.63. The zero-order chi connectivity index (χ0) is 18.6. The van der Waals surface area contributed by atoms with Crippen molar-refractivity contribution in [1.82, 2.24) is 0 Å². The summed E-state index contributed by atoms with van der Waals surface area (Å²) in [5, 5.41) is 0. The maximum absolute atomic E-state index is 12.5. The Bertz CT molecular complexity index is 988. The monoisotopic (exact) mass is 370 g/mol. The molecule has 0 amide bonds. The molecule has 0 spiro atoms. The number of nitrogen functional groups attached to an aromatic ring is 1. The van der Waals surface area contributed by atoms with Gasteiger partial charge < -0.3 is 15.2 Å². The number of nitrogens with one attached hydrogen (secondary N) is 1. The van der Waals surface area contributed by atoms with Gasteiger partial charge in [0, 0.05) is 11.8 Å². The van der Waals surface area contributed by atoms with Gasteiger partial charge >= 0.3 is 0 Å². The number of rotatable bonds is 6. The van der Waals surface area contributed by atoms with Crippen molar-refractivity contribution in [3.8, 4) is 17.2 Å². The number of anilines is 2. The lowest BCUT2D eigenvalue weighted by atomic mass is 10.3. The molecule has 26 heavy (non-hydrogen) atoms. The summed E-state index contributed by atoms with van der Waals surface area (Å²) in [6.07, 6.45) is 0. The van der Waals surface area contributed by atoms with E-state index in [1.54, 1.807) is 30.3 Å². The number of ether oxygens (including phenoxy) is 2. The molecule has 0 aliphatic rings. The SMILES string of the molecule is COc1ccc(S(=O)(=O)Nc2ccc(Oc3ccccc3)cc2)c(N)c1. The quantitative estimate of drug-likeness (QED) is 0.643. The van der Waals surface area contributed by atoms with Gasteiger partial charge in [-0.2, -0.15) is 0 Å². The van der Waals surface area contributed by atoms with Crippen LogP contribution in [0.4, 0.5) is 11.4 Å². The summed E-state index contributed by atoms with van der Waals surface area (Å²) < 4.78 is 38.3. The largest absolute Gasteiger partial charge is 0.497 e. The number of benzene rings is 3. The fraction of sp³-hybridized carbons (Fsp3) is 0.0526. The number of hydrogen-bond acceptors (Lipinski definition) is 5. The van der Waals surface area contributed by atoms with E-state index in [9.17, 15) is 8.42 Å².